The van der Waals surface area contributed by atoms with Crippen LogP contribution >= 0.6 is 0 Å². The van der Waals surface area contributed by atoms with E-state index in [1.165, 1.54) is 4.90 Å². The van der Waals surface area contributed by atoms with Gasteiger partial charge in [0.2, 0.25) is 5.91 Å². The molecule has 3 heterocycles. The van der Waals surface area contributed by atoms with Crippen LogP contribution in [0.4, 0.5) is 31.1 Å². The second-order valence-electron chi connectivity index (χ2n) is 9.03. The molecular weight excluding hydrogens is 488 g/mol. The third-order valence-corrected chi connectivity index (χ3v) is 6.82. The largest absolute Gasteiger partial charge is 0.491 e. The summed E-state index contributed by atoms with van der Waals surface area (Å²) in [6.45, 7) is -0.588. The minimum Gasteiger partial charge on any atom is -0.434 e. The molecule has 0 spiro atoms. The number of primary amides is 1. The summed E-state index contributed by atoms with van der Waals surface area (Å²) in [5.74, 6) is -4.24. The molecule has 4 rings (SSSR count). The Kier molecular flexibility index (Phi) is 5.89. The highest BCUT2D eigenvalue weighted by molar-refractivity contribution is 5.87. The Hall–Kier alpha value is -3.10. The number of urea groups is 1. The van der Waals surface area contributed by atoms with Gasteiger partial charge >= 0.3 is 24.4 Å². The van der Waals surface area contributed by atoms with E-state index < -0.39 is 66.0 Å². The van der Waals surface area contributed by atoms with Crippen LogP contribution in [-0.2, 0) is 33.5 Å². The molecule has 3 amide bonds. The van der Waals surface area contributed by atoms with E-state index in [1.54, 1.807) is 0 Å². The predicted molar refractivity (Wildman–Crippen MR) is 104 cm³/mol. The normalized spacial score (nSPS) is 28.5. The van der Waals surface area contributed by atoms with Crippen molar-refractivity contribution < 1.29 is 45.5 Å². The van der Waals surface area contributed by atoms with E-state index in [-0.39, 0.29) is 37.9 Å². The zero-order valence-corrected chi connectivity index (χ0v) is 18.0. The fourth-order valence-electron chi connectivity index (χ4n) is 5.35. The number of esters is 1. The summed E-state index contributed by atoms with van der Waals surface area (Å²) in [5, 5.41) is 0. The van der Waals surface area contributed by atoms with Crippen LogP contribution in [0.2, 0.25) is 0 Å². The lowest BCUT2D eigenvalue weighted by Gasteiger charge is -2.37. The topological polar surface area (TPSA) is 132 Å². The Morgan fingerprint density at radius 2 is 1.86 bits per heavy atom. The number of likely N-dealkylation sites (tertiary alicyclic amines) is 1. The van der Waals surface area contributed by atoms with Gasteiger partial charge in [-0.2, -0.15) is 26.3 Å². The maximum absolute atomic E-state index is 13.7. The molecule has 1 unspecified atom stereocenters. The third kappa shape index (κ3) is 4.36. The van der Waals surface area contributed by atoms with Crippen molar-refractivity contribution in [2.75, 3.05) is 13.1 Å². The first-order valence-electron chi connectivity index (χ1n) is 10.6. The number of hydrogen-bond donors (Lipinski definition) is 2. The Labute approximate surface area is 194 Å². The van der Waals surface area contributed by atoms with Gasteiger partial charge in [0.15, 0.2) is 6.23 Å². The molecule has 4 atom stereocenters. The first kappa shape index (κ1) is 25.0. The molecule has 0 radical (unpaired) electrons. The van der Waals surface area contributed by atoms with Crippen LogP contribution in [-0.4, -0.2) is 64.2 Å². The van der Waals surface area contributed by atoms with Gasteiger partial charge < -0.3 is 21.1 Å². The number of fused-ring (bicyclic) bond motifs is 2. The Balaban J connectivity index is 1.64. The summed E-state index contributed by atoms with van der Waals surface area (Å²) in [5.41, 5.74) is 9.40. The van der Waals surface area contributed by atoms with Crippen LogP contribution < -0.4 is 11.5 Å². The molecule has 192 valence electrons. The molecule has 35 heavy (non-hydrogen) atoms. The molecule has 1 aliphatic carbocycles. The van der Waals surface area contributed by atoms with E-state index in [1.807, 2.05) is 0 Å². The van der Waals surface area contributed by atoms with Gasteiger partial charge in [-0.3, -0.25) is 14.7 Å². The highest BCUT2D eigenvalue weighted by Gasteiger charge is 2.65. The monoisotopic (exact) mass is 509 g/mol. The van der Waals surface area contributed by atoms with Gasteiger partial charge in [-0.25, -0.2) is 9.59 Å². The van der Waals surface area contributed by atoms with Crippen LogP contribution in [0.15, 0.2) is 12.3 Å². The summed E-state index contributed by atoms with van der Waals surface area (Å²) < 4.78 is 82.5. The van der Waals surface area contributed by atoms with Crippen molar-refractivity contribution in [2.45, 2.75) is 50.4 Å². The number of alkyl halides is 6. The number of halogens is 6. The van der Waals surface area contributed by atoms with E-state index in [0.717, 1.165) is 6.07 Å². The van der Waals surface area contributed by atoms with Crippen LogP contribution in [0.5, 0.6) is 0 Å². The van der Waals surface area contributed by atoms with Crippen molar-refractivity contribution >= 4 is 17.9 Å². The quantitative estimate of drug-likeness (QED) is 0.459. The third-order valence-electron chi connectivity index (χ3n) is 6.82. The molecular formula is C20H21F6N5O4. The molecule has 9 nitrogen and oxygen atoms in total. The predicted octanol–water partition coefficient (Wildman–Crippen LogP) is 1.53. The lowest BCUT2D eigenvalue weighted by atomic mass is 9.78. The molecule has 3 aliphatic rings. The van der Waals surface area contributed by atoms with Gasteiger partial charge in [-0.05, 0) is 24.5 Å². The second kappa shape index (κ2) is 8.24. The highest BCUT2D eigenvalue weighted by Crippen LogP contribution is 2.53. The number of aromatic nitrogens is 1. The van der Waals surface area contributed by atoms with Gasteiger partial charge in [0, 0.05) is 49.9 Å². The molecule has 15 heteroatoms. The maximum Gasteiger partial charge on any atom is 0.491 e. The average Bonchev–Trinajstić information content (AvgIpc) is 3.24. The SMILES string of the molecule is NC(=O)N1C[C@@]2(C(=O)N3CCc4ncc(C(F)(F)F)cc4C3)C[C@H](N)C[C@H]2C1OC(=O)C(F)(F)F. The highest BCUT2D eigenvalue weighted by atomic mass is 19.4. The fourth-order valence-corrected chi connectivity index (χ4v) is 5.35. The van der Waals surface area contributed by atoms with Crippen LogP contribution in [0, 0.1) is 11.3 Å². The summed E-state index contributed by atoms with van der Waals surface area (Å²) in [7, 11) is 0. The summed E-state index contributed by atoms with van der Waals surface area (Å²) in [6, 6.07) is -0.944. The Bertz CT molecular complexity index is 1060. The number of ether oxygens (including phenoxy) is 1. The number of carbonyl (C=O) groups excluding carboxylic acids is 3. The number of nitrogens with zero attached hydrogens (tertiary/aromatic N) is 3. The zero-order valence-electron chi connectivity index (χ0n) is 18.0. The summed E-state index contributed by atoms with van der Waals surface area (Å²) >= 11 is 0. The molecule has 1 saturated heterocycles. The van der Waals surface area contributed by atoms with Gasteiger partial charge in [-0.15, -0.1) is 0 Å². The molecule has 0 bridgehead atoms. The molecule has 2 aliphatic heterocycles. The zero-order chi connectivity index (χ0) is 25.9. The number of pyridine rings is 1. The van der Waals surface area contributed by atoms with Gasteiger partial charge in [0.05, 0.1) is 11.0 Å². The van der Waals surface area contributed by atoms with E-state index in [9.17, 15) is 40.7 Å². The van der Waals surface area contributed by atoms with Crippen LogP contribution in [0.3, 0.4) is 0 Å². The van der Waals surface area contributed by atoms with Crippen molar-refractivity contribution in [3.8, 4) is 0 Å². The van der Waals surface area contributed by atoms with E-state index >= 15 is 0 Å². The fraction of sp³-hybridized carbons (Fsp3) is 0.600. The number of amides is 3. The average molecular weight is 509 g/mol. The summed E-state index contributed by atoms with van der Waals surface area (Å²) in [4.78, 5) is 43.1. The van der Waals surface area contributed by atoms with E-state index in [2.05, 4.69) is 9.72 Å². The van der Waals surface area contributed by atoms with Gasteiger partial charge in [0.1, 0.15) is 0 Å². The molecule has 4 N–H and O–H groups in total. The molecule has 1 saturated carbocycles. The van der Waals surface area contributed by atoms with Crippen molar-refractivity contribution in [1.29, 1.82) is 0 Å². The van der Waals surface area contributed by atoms with Crippen molar-refractivity contribution in [2.24, 2.45) is 22.8 Å². The molecule has 1 aromatic rings. The number of hydrogen-bond acceptors (Lipinski definition) is 6. The first-order chi connectivity index (χ1) is 16.1. The second-order valence-corrected chi connectivity index (χ2v) is 9.03. The Morgan fingerprint density at radius 1 is 1.17 bits per heavy atom. The first-order valence-corrected chi connectivity index (χ1v) is 10.6. The summed E-state index contributed by atoms with van der Waals surface area (Å²) in [6.07, 6.45) is -11.0. The number of rotatable bonds is 2. The molecule has 2 fully saturated rings. The van der Waals surface area contributed by atoms with Gasteiger partial charge in [-0.1, -0.05) is 0 Å². The van der Waals surface area contributed by atoms with E-state index in [0.29, 0.717) is 16.8 Å². The lowest BCUT2D eigenvalue weighted by molar-refractivity contribution is -0.212. The minimum atomic E-state index is -5.35. The smallest absolute Gasteiger partial charge is 0.434 e. The lowest BCUT2D eigenvalue weighted by Crippen LogP contribution is -2.49. The van der Waals surface area contributed by atoms with Crippen LogP contribution in [0.25, 0.3) is 0 Å². The molecule has 0 aromatic carbocycles. The minimum absolute atomic E-state index is 0.0322. The van der Waals surface area contributed by atoms with Crippen molar-refractivity contribution in [3.63, 3.8) is 0 Å². The van der Waals surface area contributed by atoms with Crippen molar-refractivity contribution in [1.82, 2.24) is 14.8 Å². The van der Waals surface area contributed by atoms with Crippen molar-refractivity contribution in [3.05, 3.63) is 29.1 Å². The number of nitrogens with two attached hydrogens (primary N) is 2. The maximum atomic E-state index is 13.7. The Morgan fingerprint density at radius 3 is 2.46 bits per heavy atom. The number of carbonyl (C=O) groups is 3. The van der Waals surface area contributed by atoms with Crippen LogP contribution in [0.1, 0.15) is 29.7 Å². The van der Waals surface area contributed by atoms with E-state index in [4.69, 9.17) is 11.5 Å². The standard InChI is InChI=1S/C20H21F6N5O4/c21-19(22,23)10-3-9-7-30(2-1-13(9)29-6-10)15(32)18-5-11(27)4-12(18)14(31(8-18)17(28)34)35-16(33)20(24,25)26/h3,6,11-12,14H,1-2,4-5,7-8,27H2,(H2,28,34)/t11-,12+,14?,18+/m1/s1. The van der Waals surface area contributed by atoms with Gasteiger partial charge in [0.25, 0.3) is 0 Å². The molecule has 1 aromatic heterocycles.